The van der Waals surface area contributed by atoms with E-state index in [0.29, 0.717) is 34.6 Å². The highest BCUT2D eigenvalue weighted by Gasteiger charge is 2.25. The molecule has 0 atom stereocenters. The van der Waals surface area contributed by atoms with Crippen LogP contribution in [0.1, 0.15) is 32.1 Å². The second-order valence-electron chi connectivity index (χ2n) is 8.01. The number of aromatic nitrogens is 2. The lowest BCUT2D eigenvalue weighted by Gasteiger charge is -2.23. The Balaban J connectivity index is 1.57. The normalized spacial score (nSPS) is 15.2. The summed E-state index contributed by atoms with van der Waals surface area (Å²) in [6.45, 7) is 0.660. The number of nitrogens with one attached hydrogen (secondary N) is 2. The Bertz CT molecular complexity index is 1440. The van der Waals surface area contributed by atoms with Gasteiger partial charge in [-0.25, -0.2) is 13.2 Å². The molecule has 0 amide bonds. The summed E-state index contributed by atoms with van der Waals surface area (Å²) in [6, 6.07) is 11.9. The summed E-state index contributed by atoms with van der Waals surface area (Å²) in [4.78, 5) is 12.8. The smallest absolute Gasteiger partial charge is 0.363 e. The molecular formula is C22H22N4O4S2. The number of para-hydroxylation sites is 1. The first-order chi connectivity index (χ1) is 15.5. The van der Waals surface area contributed by atoms with E-state index in [1.54, 1.807) is 24.3 Å². The summed E-state index contributed by atoms with van der Waals surface area (Å²) < 4.78 is 42.7. The van der Waals surface area contributed by atoms with Gasteiger partial charge < -0.3 is 9.73 Å². The van der Waals surface area contributed by atoms with Crippen LogP contribution >= 0.6 is 11.7 Å². The molecule has 8 nitrogen and oxygen atoms in total. The van der Waals surface area contributed by atoms with Gasteiger partial charge in [0.2, 0.25) is 0 Å². The second-order valence-corrected chi connectivity index (χ2v) is 10.2. The van der Waals surface area contributed by atoms with Crippen LogP contribution in [0.4, 0.5) is 11.4 Å². The third-order valence-electron chi connectivity index (χ3n) is 5.88. The standard InChI is InChI=1S/C22H22N4O4S2/c27-22-21(26-32(28,29)18-12-6-10-16-20(18)25-31-24-16)19(15-9-4-5-11-17(15)30-22)23-13-14-7-2-1-3-8-14/h4-6,9-12,14,23,26H,1-3,7-8,13H2. The molecule has 1 fully saturated rings. The first-order valence-electron chi connectivity index (χ1n) is 10.6. The van der Waals surface area contributed by atoms with E-state index in [0.717, 1.165) is 24.6 Å². The van der Waals surface area contributed by atoms with Gasteiger partial charge in [-0.1, -0.05) is 37.5 Å². The Morgan fingerprint density at radius 3 is 2.66 bits per heavy atom. The van der Waals surface area contributed by atoms with Crippen molar-refractivity contribution in [3.05, 3.63) is 52.9 Å². The van der Waals surface area contributed by atoms with Crippen LogP contribution in [0.3, 0.4) is 0 Å². The van der Waals surface area contributed by atoms with Crippen molar-refractivity contribution in [2.75, 3.05) is 16.6 Å². The number of nitrogens with zero attached hydrogens (tertiary/aromatic N) is 2. The fourth-order valence-corrected chi connectivity index (χ4v) is 6.09. The molecule has 10 heteroatoms. The van der Waals surface area contributed by atoms with Crippen molar-refractivity contribution in [2.45, 2.75) is 37.0 Å². The maximum atomic E-state index is 13.3. The molecule has 2 heterocycles. The number of rotatable bonds is 6. The van der Waals surface area contributed by atoms with Gasteiger partial charge in [-0.2, -0.15) is 8.75 Å². The van der Waals surface area contributed by atoms with Crippen LogP contribution in [0.2, 0.25) is 0 Å². The van der Waals surface area contributed by atoms with E-state index in [4.69, 9.17) is 4.42 Å². The molecule has 4 aromatic rings. The number of benzene rings is 2. The van der Waals surface area contributed by atoms with Crippen molar-refractivity contribution in [2.24, 2.45) is 5.92 Å². The quantitative estimate of drug-likeness (QED) is 0.396. The van der Waals surface area contributed by atoms with Crippen molar-refractivity contribution in [3.63, 3.8) is 0 Å². The van der Waals surface area contributed by atoms with E-state index in [1.807, 2.05) is 12.1 Å². The van der Waals surface area contributed by atoms with E-state index in [2.05, 4.69) is 18.8 Å². The zero-order chi connectivity index (χ0) is 22.1. The lowest BCUT2D eigenvalue weighted by Crippen LogP contribution is -2.23. The molecule has 1 aliphatic rings. The van der Waals surface area contributed by atoms with Gasteiger partial charge in [0, 0.05) is 11.9 Å². The zero-order valence-corrected chi connectivity index (χ0v) is 18.8. The Kier molecular flexibility index (Phi) is 5.56. The molecule has 2 N–H and O–H groups in total. The topological polar surface area (TPSA) is 114 Å². The zero-order valence-electron chi connectivity index (χ0n) is 17.2. The molecule has 0 aliphatic heterocycles. The molecule has 0 radical (unpaired) electrons. The molecule has 0 bridgehead atoms. The van der Waals surface area contributed by atoms with Gasteiger partial charge in [0.25, 0.3) is 10.0 Å². The molecule has 5 rings (SSSR count). The third kappa shape index (κ3) is 3.95. The Morgan fingerprint density at radius 1 is 1.00 bits per heavy atom. The Labute approximate surface area is 189 Å². The van der Waals surface area contributed by atoms with Gasteiger partial charge >= 0.3 is 5.63 Å². The third-order valence-corrected chi connectivity index (χ3v) is 7.80. The molecule has 2 aromatic heterocycles. The second kappa shape index (κ2) is 8.51. The fraction of sp³-hybridized carbons (Fsp3) is 0.318. The van der Waals surface area contributed by atoms with E-state index < -0.39 is 15.6 Å². The predicted molar refractivity (Wildman–Crippen MR) is 126 cm³/mol. The van der Waals surface area contributed by atoms with Gasteiger partial charge in [-0.05, 0) is 43.0 Å². The van der Waals surface area contributed by atoms with E-state index in [-0.39, 0.29) is 16.1 Å². The number of fused-ring (bicyclic) bond motifs is 2. The van der Waals surface area contributed by atoms with Crippen LogP contribution in [-0.4, -0.2) is 23.7 Å². The first kappa shape index (κ1) is 20.9. The largest absolute Gasteiger partial charge is 0.421 e. The minimum Gasteiger partial charge on any atom is -0.421 e. The van der Waals surface area contributed by atoms with Gasteiger partial charge in [-0.3, -0.25) is 4.72 Å². The molecule has 0 unspecified atom stereocenters. The number of hydrogen-bond acceptors (Lipinski definition) is 8. The first-order valence-corrected chi connectivity index (χ1v) is 12.8. The van der Waals surface area contributed by atoms with Crippen molar-refractivity contribution in [1.29, 1.82) is 0 Å². The predicted octanol–water partition coefficient (Wildman–Crippen LogP) is 4.59. The summed E-state index contributed by atoms with van der Waals surface area (Å²) >= 11 is 0.937. The molecule has 0 saturated heterocycles. The summed E-state index contributed by atoms with van der Waals surface area (Å²) in [5.74, 6) is 0.481. The molecule has 0 spiro atoms. The summed E-state index contributed by atoms with van der Waals surface area (Å²) in [5.41, 5.74) is 0.722. The van der Waals surface area contributed by atoms with Crippen LogP contribution in [-0.2, 0) is 10.0 Å². The number of hydrogen-bond donors (Lipinski definition) is 2. The van der Waals surface area contributed by atoms with Crippen LogP contribution in [0.25, 0.3) is 22.0 Å². The molecular weight excluding hydrogens is 448 g/mol. The summed E-state index contributed by atoms with van der Waals surface area (Å²) in [6.07, 6.45) is 5.86. The average molecular weight is 471 g/mol. The van der Waals surface area contributed by atoms with Crippen LogP contribution < -0.4 is 15.7 Å². The molecule has 1 aliphatic carbocycles. The molecule has 166 valence electrons. The van der Waals surface area contributed by atoms with Crippen LogP contribution in [0.5, 0.6) is 0 Å². The van der Waals surface area contributed by atoms with Gasteiger partial charge in [0.15, 0.2) is 5.69 Å². The summed E-state index contributed by atoms with van der Waals surface area (Å²) in [7, 11) is -4.11. The van der Waals surface area contributed by atoms with Gasteiger partial charge in [-0.15, -0.1) is 0 Å². The maximum Gasteiger partial charge on any atom is 0.363 e. The minimum atomic E-state index is -4.11. The van der Waals surface area contributed by atoms with Crippen molar-refractivity contribution in [1.82, 2.24) is 8.75 Å². The van der Waals surface area contributed by atoms with Crippen molar-refractivity contribution < 1.29 is 12.8 Å². The lowest BCUT2D eigenvalue weighted by molar-refractivity contribution is 0.373. The van der Waals surface area contributed by atoms with Crippen molar-refractivity contribution in [3.8, 4) is 0 Å². The van der Waals surface area contributed by atoms with Gasteiger partial charge in [0.1, 0.15) is 21.5 Å². The highest BCUT2D eigenvalue weighted by molar-refractivity contribution is 7.93. The molecule has 32 heavy (non-hydrogen) atoms. The summed E-state index contributed by atoms with van der Waals surface area (Å²) in [5, 5.41) is 4.01. The number of sulfonamides is 1. The average Bonchev–Trinajstić information content (AvgIpc) is 3.28. The number of anilines is 2. The van der Waals surface area contributed by atoms with E-state index >= 15 is 0 Å². The highest BCUT2D eigenvalue weighted by atomic mass is 32.2. The van der Waals surface area contributed by atoms with Gasteiger partial charge in [0.05, 0.1) is 17.4 Å². The molecule has 2 aromatic carbocycles. The van der Waals surface area contributed by atoms with E-state index in [9.17, 15) is 13.2 Å². The maximum absolute atomic E-state index is 13.3. The lowest BCUT2D eigenvalue weighted by atomic mass is 9.89. The Morgan fingerprint density at radius 2 is 1.81 bits per heavy atom. The van der Waals surface area contributed by atoms with Crippen molar-refractivity contribution >= 4 is 55.1 Å². The van der Waals surface area contributed by atoms with E-state index in [1.165, 1.54) is 25.3 Å². The fourth-order valence-electron chi connectivity index (χ4n) is 4.25. The van der Waals surface area contributed by atoms with Crippen LogP contribution in [0, 0.1) is 5.92 Å². The minimum absolute atomic E-state index is 0.0328. The van der Waals surface area contributed by atoms with Crippen LogP contribution in [0.15, 0.2) is 56.6 Å². The monoisotopic (exact) mass is 470 g/mol. The highest BCUT2D eigenvalue weighted by Crippen LogP contribution is 2.32. The molecule has 1 saturated carbocycles. The SMILES string of the molecule is O=c1oc2ccccc2c(NCC2CCCCC2)c1NS(=O)(=O)c1cccc2nsnc12. The Hall–Kier alpha value is -2.98.